The SMILES string of the molecule is [O-][NH+](O)Cc1cccc([NH+]([O-])O)c1. The maximum atomic E-state index is 10.5. The van der Waals surface area contributed by atoms with Gasteiger partial charge in [0.25, 0.3) is 0 Å². The third kappa shape index (κ3) is 3.07. The molecule has 0 amide bonds. The van der Waals surface area contributed by atoms with Crippen LogP contribution in [-0.4, -0.2) is 10.4 Å². The summed E-state index contributed by atoms with van der Waals surface area (Å²) < 4.78 is 0. The van der Waals surface area contributed by atoms with Crippen molar-refractivity contribution in [1.82, 2.24) is 0 Å². The lowest BCUT2D eigenvalue weighted by atomic mass is 10.2. The Morgan fingerprint density at radius 1 is 1.23 bits per heavy atom. The summed E-state index contributed by atoms with van der Waals surface area (Å²) in [6.45, 7) is -0.152. The van der Waals surface area contributed by atoms with E-state index in [-0.39, 0.29) is 12.2 Å². The smallest absolute Gasteiger partial charge is 0.164 e. The molecule has 6 nitrogen and oxygen atoms in total. The number of rotatable bonds is 3. The Bertz CT molecular complexity index is 277. The number of hydrogen-bond acceptors (Lipinski definition) is 4. The Labute approximate surface area is 74.3 Å². The number of hydroxylamine groups is 2. The highest BCUT2D eigenvalue weighted by atomic mass is 16.8. The molecule has 0 bridgehead atoms. The second-order valence-electron chi connectivity index (χ2n) is 2.58. The molecule has 0 fully saturated rings. The zero-order valence-electron chi connectivity index (χ0n) is 6.73. The molecule has 0 heterocycles. The van der Waals surface area contributed by atoms with Gasteiger partial charge in [0.05, 0.1) is 0 Å². The third-order valence-electron chi connectivity index (χ3n) is 1.53. The van der Waals surface area contributed by atoms with Crippen molar-refractivity contribution in [2.24, 2.45) is 0 Å². The Morgan fingerprint density at radius 3 is 2.46 bits per heavy atom. The van der Waals surface area contributed by atoms with Crippen molar-refractivity contribution in [3.63, 3.8) is 0 Å². The minimum atomic E-state index is -1.05. The first-order valence-electron chi connectivity index (χ1n) is 3.63. The van der Waals surface area contributed by atoms with Crippen molar-refractivity contribution < 1.29 is 20.9 Å². The molecule has 1 aromatic rings. The molecule has 0 radical (unpaired) electrons. The van der Waals surface area contributed by atoms with Crippen LogP contribution in [0.4, 0.5) is 5.69 Å². The molecule has 72 valence electrons. The largest absolute Gasteiger partial charge is 0.600 e. The molecule has 2 unspecified atom stereocenters. The first-order chi connectivity index (χ1) is 6.09. The Kier molecular flexibility index (Phi) is 3.32. The molecule has 0 aliphatic carbocycles. The predicted octanol–water partition coefficient (Wildman–Crippen LogP) is -1.64. The van der Waals surface area contributed by atoms with Crippen molar-refractivity contribution >= 4 is 5.69 Å². The average Bonchev–Trinajstić information content (AvgIpc) is 2.03. The molecule has 0 aliphatic heterocycles. The van der Waals surface area contributed by atoms with Crippen LogP contribution in [0, 0.1) is 10.4 Å². The van der Waals surface area contributed by atoms with Gasteiger partial charge in [-0.2, -0.15) is 5.23 Å². The second-order valence-corrected chi connectivity index (χ2v) is 2.58. The van der Waals surface area contributed by atoms with E-state index in [2.05, 4.69) is 0 Å². The van der Waals surface area contributed by atoms with Crippen LogP contribution in [0.1, 0.15) is 5.56 Å². The van der Waals surface area contributed by atoms with Gasteiger partial charge < -0.3 is 10.4 Å². The van der Waals surface area contributed by atoms with Crippen LogP contribution < -0.4 is 10.5 Å². The highest BCUT2D eigenvalue weighted by molar-refractivity contribution is 5.33. The zero-order chi connectivity index (χ0) is 9.84. The van der Waals surface area contributed by atoms with E-state index in [0.29, 0.717) is 5.56 Å². The Morgan fingerprint density at radius 2 is 1.92 bits per heavy atom. The first-order valence-corrected chi connectivity index (χ1v) is 3.63. The van der Waals surface area contributed by atoms with Crippen LogP contribution in [0.5, 0.6) is 0 Å². The summed E-state index contributed by atoms with van der Waals surface area (Å²) in [6.07, 6.45) is 0. The number of hydrogen-bond donors (Lipinski definition) is 4. The van der Waals surface area contributed by atoms with Gasteiger partial charge in [0.15, 0.2) is 5.69 Å². The number of quaternary nitrogens is 2. The van der Waals surface area contributed by atoms with Crippen LogP contribution in [-0.2, 0) is 6.54 Å². The van der Waals surface area contributed by atoms with E-state index in [9.17, 15) is 10.4 Å². The van der Waals surface area contributed by atoms with Crippen LogP contribution in [0.25, 0.3) is 0 Å². The monoisotopic (exact) mass is 186 g/mol. The fraction of sp³-hybridized carbons (Fsp3) is 0.143. The van der Waals surface area contributed by atoms with Crippen molar-refractivity contribution in [1.29, 1.82) is 0 Å². The van der Waals surface area contributed by atoms with Gasteiger partial charge in [-0.1, -0.05) is 12.1 Å². The molecule has 13 heavy (non-hydrogen) atoms. The first kappa shape index (κ1) is 10.1. The molecular formula is C7H10N2O4. The van der Waals surface area contributed by atoms with Gasteiger partial charge >= 0.3 is 0 Å². The molecule has 1 aromatic carbocycles. The minimum Gasteiger partial charge on any atom is -0.600 e. The second kappa shape index (κ2) is 4.28. The minimum absolute atomic E-state index is 0.110. The van der Waals surface area contributed by atoms with Crippen LogP contribution in [0.15, 0.2) is 24.3 Å². The quantitative estimate of drug-likeness (QED) is 0.426. The van der Waals surface area contributed by atoms with Crippen molar-refractivity contribution in [2.75, 3.05) is 0 Å². The van der Waals surface area contributed by atoms with E-state index in [4.69, 9.17) is 10.4 Å². The summed E-state index contributed by atoms with van der Waals surface area (Å²) in [5, 5.41) is 35.8. The van der Waals surface area contributed by atoms with Crippen LogP contribution in [0.3, 0.4) is 0 Å². The van der Waals surface area contributed by atoms with Gasteiger partial charge in [0.2, 0.25) is 0 Å². The van der Waals surface area contributed by atoms with Crippen LogP contribution in [0.2, 0.25) is 0 Å². The van der Waals surface area contributed by atoms with Crippen molar-refractivity contribution in [3.05, 3.63) is 40.2 Å². The summed E-state index contributed by atoms with van der Waals surface area (Å²) in [6, 6.07) is 5.90. The van der Waals surface area contributed by atoms with Crippen molar-refractivity contribution in [3.8, 4) is 0 Å². The highest BCUT2D eigenvalue weighted by Crippen LogP contribution is 2.04. The lowest BCUT2D eigenvalue weighted by molar-refractivity contribution is -1.06. The summed E-state index contributed by atoms with van der Waals surface area (Å²) in [5.41, 5.74) is 0.603. The topological polar surface area (TPSA) is 95.5 Å². The van der Waals surface area contributed by atoms with E-state index in [1.165, 1.54) is 18.2 Å². The van der Waals surface area contributed by atoms with Crippen molar-refractivity contribution in [2.45, 2.75) is 6.54 Å². The molecule has 0 saturated carbocycles. The fourth-order valence-corrected chi connectivity index (χ4v) is 0.989. The molecule has 0 aromatic heterocycles. The van der Waals surface area contributed by atoms with E-state index >= 15 is 0 Å². The maximum Gasteiger partial charge on any atom is 0.164 e. The number of benzene rings is 1. The molecule has 0 spiro atoms. The lowest BCUT2D eigenvalue weighted by Gasteiger charge is -2.14. The van der Waals surface area contributed by atoms with E-state index in [0.717, 1.165) is 0 Å². The van der Waals surface area contributed by atoms with E-state index in [1.807, 2.05) is 0 Å². The predicted molar refractivity (Wildman–Crippen MR) is 42.0 cm³/mol. The molecule has 2 atom stereocenters. The Hall–Kier alpha value is -1.02. The highest BCUT2D eigenvalue weighted by Gasteiger charge is 2.03. The zero-order valence-corrected chi connectivity index (χ0v) is 6.73. The standard InChI is InChI=1S/C7H10N2O4/c10-8(11)5-6-2-1-3-7(4-6)9(12)13/h1-4,8-10,12H,5H2. The molecule has 0 aliphatic rings. The molecule has 4 N–H and O–H groups in total. The van der Waals surface area contributed by atoms with Gasteiger partial charge in [-0.15, -0.1) is 0 Å². The summed E-state index contributed by atoms with van der Waals surface area (Å²) >= 11 is 0. The summed E-state index contributed by atoms with van der Waals surface area (Å²) in [7, 11) is 0. The molecule has 1 rings (SSSR count). The van der Waals surface area contributed by atoms with Gasteiger partial charge in [-0.3, -0.25) is 0 Å². The van der Waals surface area contributed by atoms with Gasteiger partial charge in [0.1, 0.15) is 6.54 Å². The average molecular weight is 186 g/mol. The van der Waals surface area contributed by atoms with Gasteiger partial charge in [-0.05, 0) is 0 Å². The maximum absolute atomic E-state index is 10.5. The van der Waals surface area contributed by atoms with E-state index < -0.39 is 10.5 Å². The summed E-state index contributed by atoms with van der Waals surface area (Å²) in [5.74, 6) is 0. The molecule has 6 heteroatoms. The fourth-order valence-electron chi connectivity index (χ4n) is 0.989. The third-order valence-corrected chi connectivity index (χ3v) is 1.53. The van der Waals surface area contributed by atoms with Crippen LogP contribution >= 0.6 is 0 Å². The van der Waals surface area contributed by atoms with E-state index in [1.54, 1.807) is 6.07 Å². The normalized spacial score (nSPS) is 15.4. The number of nitrogens with one attached hydrogen (secondary N) is 2. The molecular weight excluding hydrogens is 176 g/mol. The summed E-state index contributed by atoms with van der Waals surface area (Å²) in [4.78, 5) is 0. The molecule has 0 saturated heterocycles. The van der Waals surface area contributed by atoms with Gasteiger partial charge in [0, 0.05) is 17.7 Å². The van der Waals surface area contributed by atoms with Gasteiger partial charge in [-0.25, -0.2) is 15.6 Å². The Balaban J connectivity index is 2.79. The lowest BCUT2D eigenvalue weighted by Crippen LogP contribution is -3.03.